The molecule has 1 unspecified atom stereocenters. The lowest BCUT2D eigenvalue weighted by molar-refractivity contribution is -0.167. The van der Waals surface area contributed by atoms with Crippen molar-refractivity contribution in [1.29, 1.82) is 0 Å². The van der Waals surface area contributed by atoms with Crippen molar-refractivity contribution in [3.8, 4) is 0 Å². The monoisotopic (exact) mass is 1010 g/mol. The van der Waals surface area contributed by atoms with Gasteiger partial charge >= 0.3 is 17.9 Å². The van der Waals surface area contributed by atoms with Gasteiger partial charge in [0.1, 0.15) is 13.2 Å². The molecule has 418 valence electrons. The van der Waals surface area contributed by atoms with Gasteiger partial charge in [0, 0.05) is 19.3 Å². The van der Waals surface area contributed by atoms with Gasteiger partial charge in [0.25, 0.3) is 0 Å². The second kappa shape index (κ2) is 60.9. The number of carbonyl (C=O) groups is 3. The van der Waals surface area contributed by atoms with E-state index >= 15 is 0 Å². The number of carbonyl (C=O) groups excluding carboxylic acids is 3. The first-order valence-electron chi connectivity index (χ1n) is 30.7. The van der Waals surface area contributed by atoms with Crippen LogP contribution >= 0.6 is 0 Å². The molecule has 0 aromatic heterocycles. The van der Waals surface area contributed by atoms with Crippen LogP contribution in [0.15, 0.2) is 97.2 Å². The molecule has 73 heavy (non-hydrogen) atoms. The topological polar surface area (TPSA) is 78.9 Å². The number of rotatable bonds is 55. The van der Waals surface area contributed by atoms with Crippen LogP contribution in [-0.4, -0.2) is 37.2 Å². The number of hydrogen-bond donors (Lipinski definition) is 0. The van der Waals surface area contributed by atoms with Crippen molar-refractivity contribution < 1.29 is 28.6 Å². The molecule has 0 aromatic carbocycles. The minimum Gasteiger partial charge on any atom is -0.462 e. The number of unbranched alkanes of at least 4 members (excludes halogenated alkanes) is 28. The summed E-state index contributed by atoms with van der Waals surface area (Å²) in [4.78, 5) is 38.2. The SMILES string of the molecule is CC/C=C\C/C=C\C/C=C\C/C=C\C/C=C\C/C=C\CCCCCCCCCCCCC(=O)OCC(COC(=O)CCCCCCC/C=C\CCCCC)OC(=O)CCCCCCC/C=C\CCCCCCC. The summed E-state index contributed by atoms with van der Waals surface area (Å²) in [5.41, 5.74) is 0. The lowest BCUT2D eigenvalue weighted by atomic mass is 10.1. The number of hydrogen-bond acceptors (Lipinski definition) is 6. The predicted octanol–water partition coefficient (Wildman–Crippen LogP) is 20.9. The molecule has 0 heterocycles. The molecule has 0 aliphatic carbocycles. The van der Waals surface area contributed by atoms with Gasteiger partial charge < -0.3 is 14.2 Å². The minimum atomic E-state index is -0.787. The summed E-state index contributed by atoms with van der Waals surface area (Å²) in [5.74, 6) is -0.901. The summed E-state index contributed by atoms with van der Waals surface area (Å²) in [6.45, 7) is 6.49. The average molecular weight is 1020 g/mol. The van der Waals surface area contributed by atoms with E-state index in [0.29, 0.717) is 19.3 Å². The molecule has 0 fully saturated rings. The third-order valence-corrected chi connectivity index (χ3v) is 13.0. The van der Waals surface area contributed by atoms with Gasteiger partial charge in [-0.1, -0.05) is 246 Å². The highest BCUT2D eigenvalue weighted by Gasteiger charge is 2.19. The highest BCUT2D eigenvalue weighted by Crippen LogP contribution is 2.15. The molecule has 0 aliphatic rings. The van der Waals surface area contributed by atoms with E-state index in [1.165, 1.54) is 135 Å². The van der Waals surface area contributed by atoms with Gasteiger partial charge in [-0.15, -0.1) is 0 Å². The van der Waals surface area contributed by atoms with Crippen molar-refractivity contribution in [3.63, 3.8) is 0 Å². The van der Waals surface area contributed by atoms with Crippen LogP contribution in [0.4, 0.5) is 0 Å². The van der Waals surface area contributed by atoms with Crippen molar-refractivity contribution in [3.05, 3.63) is 97.2 Å². The Labute approximate surface area is 451 Å². The zero-order valence-electron chi connectivity index (χ0n) is 47.9. The summed E-state index contributed by atoms with van der Waals surface area (Å²) in [6, 6.07) is 0. The van der Waals surface area contributed by atoms with Crippen LogP contribution in [0.2, 0.25) is 0 Å². The highest BCUT2D eigenvalue weighted by molar-refractivity contribution is 5.71. The number of ether oxygens (including phenoxy) is 3. The number of allylic oxidation sites excluding steroid dienone is 16. The van der Waals surface area contributed by atoms with Crippen molar-refractivity contribution in [2.24, 2.45) is 0 Å². The first-order chi connectivity index (χ1) is 36.0. The molecule has 0 aromatic rings. The minimum absolute atomic E-state index is 0.0848. The standard InChI is InChI=1S/C67H114O6/c1-4-7-10-13-16-19-22-25-27-28-29-30-31-32-33-34-35-36-37-38-39-40-41-43-45-48-51-54-57-60-66(69)72-63-64(62-71-65(68)59-56-53-50-47-44-24-21-18-15-12-9-6-3)73-67(70)61-58-55-52-49-46-42-26-23-20-17-14-11-8-5-2/h7,10,16,18-19,21,23,25-27,29-30,32-33,35-36,64H,4-6,8-9,11-15,17,20,22,24,28,31,34,37-63H2,1-3H3/b10-7-,19-16-,21-18-,26-23-,27-25-,30-29-,33-32-,36-35-. The van der Waals surface area contributed by atoms with E-state index in [9.17, 15) is 14.4 Å². The molecule has 0 N–H and O–H groups in total. The Morgan fingerprint density at radius 3 is 0.877 bits per heavy atom. The Morgan fingerprint density at radius 2 is 0.534 bits per heavy atom. The van der Waals surface area contributed by atoms with Gasteiger partial charge in [0.05, 0.1) is 0 Å². The summed E-state index contributed by atoms with van der Waals surface area (Å²) in [7, 11) is 0. The highest BCUT2D eigenvalue weighted by atomic mass is 16.6. The van der Waals surface area contributed by atoms with Gasteiger partial charge in [0.2, 0.25) is 0 Å². The molecule has 0 aliphatic heterocycles. The third kappa shape index (κ3) is 59.1. The first-order valence-corrected chi connectivity index (χ1v) is 30.7. The fraction of sp³-hybridized carbons (Fsp3) is 0.716. The van der Waals surface area contributed by atoms with Crippen LogP contribution in [0, 0.1) is 0 Å². The Balaban J connectivity index is 4.25. The lowest BCUT2D eigenvalue weighted by Gasteiger charge is -2.18. The predicted molar refractivity (Wildman–Crippen MR) is 316 cm³/mol. The van der Waals surface area contributed by atoms with Gasteiger partial charge in [-0.2, -0.15) is 0 Å². The fourth-order valence-electron chi connectivity index (χ4n) is 8.44. The maximum absolute atomic E-state index is 12.8. The Morgan fingerprint density at radius 1 is 0.288 bits per heavy atom. The lowest BCUT2D eigenvalue weighted by Crippen LogP contribution is -2.30. The third-order valence-electron chi connectivity index (χ3n) is 13.0. The molecule has 0 radical (unpaired) electrons. The summed E-state index contributed by atoms with van der Waals surface area (Å²) < 4.78 is 16.9. The van der Waals surface area contributed by atoms with E-state index in [4.69, 9.17) is 14.2 Å². The average Bonchev–Trinajstić information content (AvgIpc) is 3.39. The van der Waals surface area contributed by atoms with E-state index < -0.39 is 6.10 Å². The van der Waals surface area contributed by atoms with E-state index in [0.717, 1.165) is 116 Å². The van der Waals surface area contributed by atoms with E-state index in [-0.39, 0.29) is 31.1 Å². The van der Waals surface area contributed by atoms with E-state index in [2.05, 4.69) is 118 Å². The second-order valence-electron chi connectivity index (χ2n) is 20.2. The molecular weight excluding hydrogens is 901 g/mol. The summed E-state index contributed by atoms with van der Waals surface area (Å²) >= 11 is 0. The fourth-order valence-corrected chi connectivity index (χ4v) is 8.44. The van der Waals surface area contributed by atoms with Crippen molar-refractivity contribution in [2.45, 2.75) is 297 Å². The van der Waals surface area contributed by atoms with Crippen LogP contribution in [0.5, 0.6) is 0 Å². The Kier molecular flexibility index (Phi) is 57.8. The quantitative estimate of drug-likeness (QED) is 0.0261. The summed E-state index contributed by atoms with van der Waals surface area (Å²) in [6.07, 6.45) is 81.2. The van der Waals surface area contributed by atoms with Crippen molar-refractivity contribution >= 4 is 17.9 Å². The molecule has 6 nitrogen and oxygen atoms in total. The molecular formula is C67H114O6. The van der Waals surface area contributed by atoms with Crippen LogP contribution < -0.4 is 0 Å². The van der Waals surface area contributed by atoms with Crippen molar-refractivity contribution in [1.82, 2.24) is 0 Å². The van der Waals surface area contributed by atoms with Gasteiger partial charge in [0.15, 0.2) is 6.10 Å². The zero-order chi connectivity index (χ0) is 52.9. The van der Waals surface area contributed by atoms with Gasteiger partial charge in [-0.3, -0.25) is 14.4 Å². The number of esters is 3. The maximum Gasteiger partial charge on any atom is 0.306 e. The van der Waals surface area contributed by atoms with Gasteiger partial charge in [-0.05, 0) is 122 Å². The molecule has 0 saturated heterocycles. The maximum atomic E-state index is 12.8. The zero-order valence-corrected chi connectivity index (χ0v) is 47.9. The van der Waals surface area contributed by atoms with Crippen molar-refractivity contribution in [2.75, 3.05) is 13.2 Å². The molecule has 0 amide bonds. The van der Waals surface area contributed by atoms with E-state index in [1.807, 2.05) is 0 Å². The van der Waals surface area contributed by atoms with E-state index in [1.54, 1.807) is 0 Å². The van der Waals surface area contributed by atoms with Crippen LogP contribution in [-0.2, 0) is 28.6 Å². The molecule has 0 spiro atoms. The second-order valence-corrected chi connectivity index (χ2v) is 20.2. The molecule has 0 bridgehead atoms. The molecule has 6 heteroatoms. The Hall–Kier alpha value is -3.67. The van der Waals surface area contributed by atoms with Crippen LogP contribution in [0.25, 0.3) is 0 Å². The van der Waals surface area contributed by atoms with Crippen LogP contribution in [0.3, 0.4) is 0 Å². The summed E-state index contributed by atoms with van der Waals surface area (Å²) in [5, 5.41) is 0. The smallest absolute Gasteiger partial charge is 0.306 e. The van der Waals surface area contributed by atoms with Gasteiger partial charge in [-0.25, -0.2) is 0 Å². The first kappa shape index (κ1) is 69.3. The molecule has 1 atom stereocenters. The molecule has 0 rings (SSSR count). The normalized spacial score (nSPS) is 12.8. The Bertz CT molecular complexity index is 1440. The van der Waals surface area contributed by atoms with Crippen LogP contribution in [0.1, 0.15) is 290 Å². The molecule has 0 saturated carbocycles. The largest absolute Gasteiger partial charge is 0.462 e.